The van der Waals surface area contributed by atoms with Gasteiger partial charge in [0.1, 0.15) is 5.69 Å². The van der Waals surface area contributed by atoms with E-state index in [0.29, 0.717) is 44.8 Å². The van der Waals surface area contributed by atoms with Crippen LogP contribution in [0.2, 0.25) is 0 Å². The summed E-state index contributed by atoms with van der Waals surface area (Å²) in [4.78, 5) is 26.4. The number of furan rings is 1. The lowest BCUT2D eigenvalue weighted by Crippen LogP contribution is -2.41. The summed E-state index contributed by atoms with van der Waals surface area (Å²) in [6.07, 6.45) is 2.96. The third-order valence-corrected chi connectivity index (χ3v) is 4.46. The molecule has 0 N–H and O–H groups in total. The highest BCUT2D eigenvalue weighted by molar-refractivity contribution is 5.97. The summed E-state index contributed by atoms with van der Waals surface area (Å²) >= 11 is 0. The fourth-order valence-corrected chi connectivity index (χ4v) is 3.24. The third kappa shape index (κ3) is 2.85. The lowest BCUT2D eigenvalue weighted by Gasteiger charge is -2.31. The Kier molecular flexibility index (Phi) is 4.41. The van der Waals surface area contributed by atoms with Crippen molar-refractivity contribution in [1.29, 1.82) is 0 Å². The Morgan fingerprint density at radius 1 is 1.30 bits per heavy atom. The average Bonchev–Trinajstić information content (AvgIpc) is 3.15. The van der Waals surface area contributed by atoms with Gasteiger partial charge in [0.2, 0.25) is 0 Å². The largest absolute Gasteiger partial charge is 0.466 e. The summed E-state index contributed by atoms with van der Waals surface area (Å²) in [6.45, 7) is 6.10. The van der Waals surface area contributed by atoms with E-state index >= 15 is 0 Å². The molecule has 0 aromatic carbocycles. The van der Waals surface area contributed by atoms with Gasteiger partial charge in [-0.3, -0.25) is 9.59 Å². The minimum Gasteiger partial charge on any atom is -0.466 e. The van der Waals surface area contributed by atoms with Gasteiger partial charge in [-0.25, -0.2) is 0 Å². The zero-order valence-corrected chi connectivity index (χ0v) is 13.6. The number of carbonyl (C=O) groups excluding carboxylic acids is 2. The molecule has 1 aliphatic heterocycles. The minimum absolute atomic E-state index is 0.000517. The smallest absolute Gasteiger partial charge is 0.309 e. The molecule has 2 aromatic rings. The molecule has 0 bridgehead atoms. The van der Waals surface area contributed by atoms with Crippen molar-refractivity contribution < 1.29 is 18.7 Å². The Bertz CT molecular complexity index is 707. The van der Waals surface area contributed by atoms with Crippen LogP contribution in [0.15, 0.2) is 22.8 Å². The van der Waals surface area contributed by atoms with Crippen molar-refractivity contribution >= 4 is 23.0 Å². The lowest BCUT2D eigenvalue weighted by molar-refractivity contribution is -0.149. The molecule has 0 spiro atoms. The molecule has 3 rings (SSSR count). The van der Waals surface area contributed by atoms with Gasteiger partial charge in [-0.15, -0.1) is 0 Å². The SMILES string of the molecule is CCOC(=O)C1CCN(C(=O)c2cc3occc3n2CC)CC1. The number of hydrogen-bond acceptors (Lipinski definition) is 4. The molecule has 1 saturated heterocycles. The second-order valence-electron chi connectivity index (χ2n) is 5.76. The maximum Gasteiger partial charge on any atom is 0.309 e. The number of esters is 1. The number of rotatable bonds is 4. The molecule has 124 valence electrons. The fraction of sp³-hybridized carbons (Fsp3) is 0.529. The first kappa shape index (κ1) is 15.6. The van der Waals surface area contributed by atoms with Crippen LogP contribution in [0.4, 0.5) is 0 Å². The summed E-state index contributed by atoms with van der Waals surface area (Å²) in [6, 6.07) is 3.68. The summed E-state index contributed by atoms with van der Waals surface area (Å²) < 4.78 is 12.4. The summed E-state index contributed by atoms with van der Waals surface area (Å²) in [7, 11) is 0. The first-order chi connectivity index (χ1) is 11.2. The molecule has 2 aromatic heterocycles. The van der Waals surface area contributed by atoms with Crippen molar-refractivity contribution in [2.24, 2.45) is 5.92 Å². The van der Waals surface area contributed by atoms with Crippen molar-refractivity contribution in [2.45, 2.75) is 33.2 Å². The van der Waals surface area contributed by atoms with Gasteiger partial charge in [0.25, 0.3) is 5.91 Å². The highest BCUT2D eigenvalue weighted by atomic mass is 16.5. The van der Waals surface area contributed by atoms with Crippen LogP contribution in [0.1, 0.15) is 37.2 Å². The molecule has 1 fully saturated rings. The lowest BCUT2D eigenvalue weighted by atomic mass is 9.97. The highest BCUT2D eigenvalue weighted by Crippen LogP contribution is 2.25. The Labute approximate surface area is 135 Å². The van der Waals surface area contributed by atoms with Crippen molar-refractivity contribution in [3.8, 4) is 0 Å². The molecule has 6 heteroatoms. The molecule has 1 aliphatic rings. The van der Waals surface area contributed by atoms with Gasteiger partial charge in [-0.05, 0) is 26.7 Å². The van der Waals surface area contributed by atoms with Crippen molar-refractivity contribution in [3.05, 3.63) is 24.1 Å². The Morgan fingerprint density at radius 2 is 2.04 bits per heavy atom. The van der Waals surface area contributed by atoms with Crippen LogP contribution in [0.5, 0.6) is 0 Å². The predicted molar refractivity (Wildman–Crippen MR) is 85.1 cm³/mol. The number of likely N-dealkylation sites (tertiary alicyclic amines) is 1. The van der Waals surface area contributed by atoms with Gasteiger partial charge in [0, 0.05) is 31.8 Å². The molecular formula is C17H22N2O4. The molecule has 0 radical (unpaired) electrons. The van der Waals surface area contributed by atoms with Crippen molar-refractivity contribution in [1.82, 2.24) is 9.47 Å². The van der Waals surface area contributed by atoms with Gasteiger partial charge in [-0.2, -0.15) is 0 Å². The Hall–Kier alpha value is -2.24. The Morgan fingerprint density at radius 3 is 2.70 bits per heavy atom. The van der Waals surface area contributed by atoms with E-state index in [-0.39, 0.29) is 17.8 Å². The second kappa shape index (κ2) is 6.48. The number of piperidine rings is 1. The van der Waals surface area contributed by atoms with E-state index in [1.165, 1.54) is 0 Å². The van der Waals surface area contributed by atoms with Gasteiger partial charge < -0.3 is 18.6 Å². The molecule has 0 aliphatic carbocycles. The monoisotopic (exact) mass is 318 g/mol. The summed E-state index contributed by atoms with van der Waals surface area (Å²) in [5.74, 6) is -0.233. The highest BCUT2D eigenvalue weighted by Gasteiger charge is 2.30. The molecule has 0 unspecified atom stereocenters. The maximum atomic E-state index is 12.8. The van der Waals surface area contributed by atoms with E-state index in [1.54, 1.807) is 12.3 Å². The number of ether oxygens (including phenoxy) is 1. The van der Waals surface area contributed by atoms with E-state index < -0.39 is 0 Å². The standard InChI is InChI=1S/C17H22N2O4/c1-3-19-13-7-10-23-15(13)11-14(19)16(20)18-8-5-12(6-9-18)17(21)22-4-2/h7,10-12H,3-6,8-9H2,1-2H3. The van der Waals surface area contributed by atoms with E-state index in [2.05, 4.69) is 0 Å². The summed E-state index contributed by atoms with van der Waals surface area (Å²) in [5, 5.41) is 0. The molecule has 0 atom stereocenters. The molecule has 6 nitrogen and oxygen atoms in total. The minimum atomic E-state index is -0.144. The topological polar surface area (TPSA) is 64.7 Å². The molecule has 0 saturated carbocycles. The summed E-state index contributed by atoms with van der Waals surface area (Å²) in [5.41, 5.74) is 2.32. The number of aromatic nitrogens is 1. The van der Waals surface area contributed by atoms with Crippen LogP contribution in [0, 0.1) is 5.92 Å². The predicted octanol–water partition coefficient (Wildman–Crippen LogP) is 2.67. The van der Waals surface area contributed by atoms with Crippen LogP contribution in [0.25, 0.3) is 11.1 Å². The second-order valence-corrected chi connectivity index (χ2v) is 5.76. The van der Waals surface area contributed by atoms with E-state index in [4.69, 9.17) is 9.15 Å². The number of fused-ring (bicyclic) bond motifs is 1. The Balaban J connectivity index is 1.71. The van der Waals surface area contributed by atoms with Crippen LogP contribution >= 0.6 is 0 Å². The zero-order chi connectivity index (χ0) is 16.4. The number of amides is 1. The molecule has 3 heterocycles. The maximum absolute atomic E-state index is 12.8. The fourth-order valence-electron chi connectivity index (χ4n) is 3.24. The number of nitrogens with zero attached hydrogens (tertiary/aromatic N) is 2. The molecule has 1 amide bonds. The normalized spacial score (nSPS) is 16.0. The van der Waals surface area contributed by atoms with Gasteiger partial charge >= 0.3 is 5.97 Å². The van der Waals surface area contributed by atoms with Crippen molar-refractivity contribution in [3.63, 3.8) is 0 Å². The zero-order valence-electron chi connectivity index (χ0n) is 13.6. The van der Waals surface area contributed by atoms with Gasteiger partial charge in [0.15, 0.2) is 5.58 Å². The van der Waals surface area contributed by atoms with E-state index in [1.807, 2.05) is 29.4 Å². The average molecular weight is 318 g/mol. The van der Waals surface area contributed by atoms with E-state index in [9.17, 15) is 9.59 Å². The molecular weight excluding hydrogens is 296 g/mol. The molecule has 23 heavy (non-hydrogen) atoms. The van der Waals surface area contributed by atoms with Crippen LogP contribution in [0.3, 0.4) is 0 Å². The van der Waals surface area contributed by atoms with Crippen LogP contribution < -0.4 is 0 Å². The number of hydrogen-bond donors (Lipinski definition) is 0. The number of aryl methyl sites for hydroxylation is 1. The number of carbonyl (C=O) groups is 2. The van der Waals surface area contributed by atoms with Crippen molar-refractivity contribution in [2.75, 3.05) is 19.7 Å². The first-order valence-electron chi connectivity index (χ1n) is 8.18. The third-order valence-electron chi connectivity index (χ3n) is 4.46. The van der Waals surface area contributed by atoms with Crippen LogP contribution in [-0.4, -0.2) is 41.0 Å². The quantitative estimate of drug-likeness (QED) is 0.813. The van der Waals surface area contributed by atoms with Gasteiger partial charge in [0.05, 0.1) is 24.3 Å². The van der Waals surface area contributed by atoms with Gasteiger partial charge in [-0.1, -0.05) is 0 Å². The van der Waals surface area contributed by atoms with Crippen LogP contribution in [-0.2, 0) is 16.1 Å². The van der Waals surface area contributed by atoms with E-state index in [0.717, 1.165) is 11.1 Å². The first-order valence-corrected chi connectivity index (χ1v) is 8.18.